The van der Waals surface area contributed by atoms with E-state index in [-0.39, 0.29) is 18.8 Å². The van der Waals surface area contributed by atoms with E-state index in [9.17, 15) is 33.9 Å². The number of amides is 4. The van der Waals surface area contributed by atoms with Crippen molar-refractivity contribution >= 4 is 35.6 Å². The third-order valence-electron chi connectivity index (χ3n) is 4.26. The fourth-order valence-electron chi connectivity index (χ4n) is 2.31. The number of primary amides is 1. The standard InChI is InChI=1S/C17H29N5O8/c1-3-8(2)14(16(28)21-10(17(29)30)4-5-11(19)23)22-12(24)7-20-15(27)9(18)6-13(25)26/h8-10,14H,3-7,18H2,1-2H3,(H2,19,23)(H,20,27)(H,21,28)(H,22,24)(H,25,26)(H,29,30). The first-order valence-electron chi connectivity index (χ1n) is 9.24. The van der Waals surface area contributed by atoms with E-state index in [1.54, 1.807) is 13.8 Å². The Bertz CT molecular complexity index is 669. The average molecular weight is 431 g/mol. The van der Waals surface area contributed by atoms with Crippen molar-refractivity contribution in [3.63, 3.8) is 0 Å². The number of hydrogen-bond donors (Lipinski definition) is 7. The molecule has 170 valence electrons. The number of aliphatic carboxylic acids is 2. The van der Waals surface area contributed by atoms with Crippen LogP contribution < -0.4 is 27.4 Å². The summed E-state index contributed by atoms with van der Waals surface area (Å²) < 4.78 is 0. The Morgan fingerprint density at radius 2 is 1.60 bits per heavy atom. The van der Waals surface area contributed by atoms with Gasteiger partial charge in [0.15, 0.2) is 0 Å². The highest BCUT2D eigenvalue weighted by Crippen LogP contribution is 2.09. The fourth-order valence-corrected chi connectivity index (χ4v) is 2.31. The summed E-state index contributed by atoms with van der Waals surface area (Å²) in [5.41, 5.74) is 10.4. The van der Waals surface area contributed by atoms with Crippen molar-refractivity contribution in [1.82, 2.24) is 16.0 Å². The second kappa shape index (κ2) is 13.1. The molecule has 0 saturated carbocycles. The van der Waals surface area contributed by atoms with Crippen LogP contribution in [0.4, 0.5) is 0 Å². The highest BCUT2D eigenvalue weighted by molar-refractivity contribution is 5.93. The van der Waals surface area contributed by atoms with E-state index in [2.05, 4.69) is 16.0 Å². The predicted molar refractivity (Wildman–Crippen MR) is 103 cm³/mol. The summed E-state index contributed by atoms with van der Waals surface area (Å²) in [6, 6.07) is -3.82. The first kappa shape index (κ1) is 26.8. The lowest BCUT2D eigenvalue weighted by atomic mass is 9.97. The van der Waals surface area contributed by atoms with Gasteiger partial charge in [0.2, 0.25) is 23.6 Å². The molecule has 0 aliphatic carbocycles. The van der Waals surface area contributed by atoms with Crippen LogP contribution in [0.3, 0.4) is 0 Å². The van der Waals surface area contributed by atoms with Gasteiger partial charge in [-0.25, -0.2) is 4.79 Å². The molecule has 13 heteroatoms. The number of hydrogen-bond acceptors (Lipinski definition) is 7. The highest BCUT2D eigenvalue weighted by Gasteiger charge is 2.30. The molecule has 4 amide bonds. The van der Waals surface area contributed by atoms with Gasteiger partial charge in [0, 0.05) is 6.42 Å². The van der Waals surface area contributed by atoms with Gasteiger partial charge in [-0.05, 0) is 12.3 Å². The molecule has 0 fully saturated rings. The molecule has 0 aliphatic heterocycles. The Hall–Kier alpha value is -3.22. The maximum Gasteiger partial charge on any atom is 0.326 e. The minimum absolute atomic E-state index is 0.213. The van der Waals surface area contributed by atoms with Crippen LogP contribution in [-0.2, 0) is 28.8 Å². The van der Waals surface area contributed by atoms with Crippen LogP contribution in [0.5, 0.6) is 0 Å². The lowest BCUT2D eigenvalue weighted by Crippen LogP contribution is -2.56. The third kappa shape index (κ3) is 10.4. The van der Waals surface area contributed by atoms with Gasteiger partial charge >= 0.3 is 11.9 Å². The van der Waals surface area contributed by atoms with Crippen molar-refractivity contribution in [1.29, 1.82) is 0 Å². The molecule has 0 aromatic carbocycles. The fraction of sp³-hybridized carbons (Fsp3) is 0.647. The van der Waals surface area contributed by atoms with Gasteiger partial charge in [-0.1, -0.05) is 20.3 Å². The average Bonchev–Trinajstić information content (AvgIpc) is 2.65. The Labute approximate surface area is 172 Å². The molecule has 0 aliphatic rings. The van der Waals surface area contributed by atoms with Gasteiger partial charge in [0.25, 0.3) is 0 Å². The summed E-state index contributed by atoms with van der Waals surface area (Å²) >= 11 is 0. The van der Waals surface area contributed by atoms with Crippen LogP contribution >= 0.6 is 0 Å². The molecule has 30 heavy (non-hydrogen) atoms. The van der Waals surface area contributed by atoms with E-state index in [0.717, 1.165) is 0 Å². The number of carboxylic acid groups (broad SMARTS) is 2. The SMILES string of the molecule is CCC(C)C(NC(=O)CNC(=O)C(N)CC(=O)O)C(=O)NC(CCC(N)=O)C(=O)O. The number of carbonyl (C=O) groups excluding carboxylic acids is 4. The minimum atomic E-state index is -1.37. The van der Waals surface area contributed by atoms with Crippen LogP contribution in [0.1, 0.15) is 39.5 Å². The smallest absolute Gasteiger partial charge is 0.326 e. The molecule has 13 nitrogen and oxygen atoms in total. The van der Waals surface area contributed by atoms with Crippen molar-refractivity contribution in [3.05, 3.63) is 0 Å². The van der Waals surface area contributed by atoms with E-state index in [0.29, 0.717) is 6.42 Å². The van der Waals surface area contributed by atoms with Gasteiger partial charge in [-0.15, -0.1) is 0 Å². The summed E-state index contributed by atoms with van der Waals surface area (Å²) in [6.45, 7) is 2.85. The molecule has 0 rings (SSSR count). The van der Waals surface area contributed by atoms with Gasteiger partial charge in [-0.2, -0.15) is 0 Å². The van der Waals surface area contributed by atoms with E-state index >= 15 is 0 Å². The van der Waals surface area contributed by atoms with Crippen LogP contribution in [0.2, 0.25) is 0 Å². The van der Waals surface area contributed by atoms with E-state index in [4.69, 9.17) is 16.6 Å². The van der Waals surface area contributed by atoms with Crippen LogP contribution in [0, 0.1) is 5.92 Å². The Morgan fingerprint density at radius 3 is 2.07 bits per heavy atom. The summed E-state index contributed by atoms with van der Waals surface area (Å²) in [5, 5.41) is 24.6. The first-order valence-corrected chi connectivity index (χ1v) is 9.24. The summed E-state index contributed by atoms with van der Waals surface area (Å²) in [7, 11) is 0. The molecule has 4 atom stereocenters. The van der Waals surface area contributed by atoms with Crippen molar-refractivity contribution < 1.29 is 39.0 Å². The quantitative estimate of drug-likeness (QED) is 0.151. The zero-order valence-corrected chi connectivity index (χ0v) is 16.8. The number of nitrogens with one attached hydrogen (secondary N) is 3. The van der Waals surface area contributed by atoms with Gasteiger partial charge in [0.05, 0.1) is 19.0 Å². The zero-order chi connectivity index (χ0) is 23.4. The summed E-state index contributed by atoms with van der Waals surface area (Å²) in [5.74, 6) is -6.13. The molecule has 4 unspecified atom stereocenters. The van der Waals surface area contributed by atoms with Gasteiger partial charge in [0.1, 0.15) is 12.1 Å². The number of carbonyl (C=O) groups is 6. The molecule has 0 saturated heterocycles. The van der Waals surface area contributed by atoms with Crippen molar-refractivity contribution in [2.75, 3.05) is 6.54 Å². The van der Waals surface area contributed by atoms with Gasteiger partial charge < -0.3 is 37.6 Å². The van der Waals surface area contributed by atoms with Crippen LogP contribution in [0.25, 0.3) is 0 Å². The van der Waals surface area contributed by atoms with Crippen molar-refractivity contribution in [2.45, 2.75) is 57.7 Å². The van der Waals surface area contributed by atoms with E-state index < -0.39 is 66.7 Å². The van der Waals surface area contributed by atoms with Crippen molar-refractivity contribution in [3.8, 4) is 0 Å². The molecule has 0 radical (unpaired) electrons. The topological polar surface area (TPSA) is 231 Å². The largest absolute Gasteiger partial charge is 0.481 e. The molecule has 0 spiro atoms. The Balaban J connectivity index is 4.97. The first-order chi connectivity index (χ1) is 13.9. The Kier molecular flexibility index (Phi) is 11.7. The third-order valence-corrected chi connectivity index (χ3v) is 4.26. The second-order valence-corrected chi connectivity index (χ2v) is 6.76. The molecule has 9 N–H and O–H groups in total. The maximum atomic E-state index is 12.5. The number of rotatable bonds is 14. The van der Waals surface area contributed by atoms with E-state index in [1.807, 2.05) is 0 Å². The minimum Gasteiger partial charge on any atom is -0.481 e. The number of carboxylic acids is 2. The molecule has 0 heterocycles. The lowest BCUT2D eigenvalue weighted by Gasteiger charge is -2.25. The molecule has 0 aromatic heterocycles. The highest BCUT2D eigenvalue weighted by atomic mass is 16.4. The molecular weight excluding hydrogens is 402 g/mol. The monoisotopic (exact) mass is 431 g/mol. The van der Waals surface area contributed by atoms with Gasteiger partial charge in [-0.3, -0.25) is 24.0 Å². The summed E-state index contributed by atoms with van der Waals surface area (Å²) in [4.78, 5) is 69.0. The summed E-state index contributed by atoms with van der Waals surface area (Å²) in [6.07, 6.45) is -0.615. The van der Waals surface area contributed by atoms with Crippen molar-refractivity contribution in [2.24, 2.45) is 17.4 Å². The second-order valence-electron chi connectivity index (χ2n) is 6.76. The molecular formula is C17H29N5O8. The van der Waals surface area contributed by atoms with Crippen LogP contribution in [0.15, 0.2) is 0 Å². The van der Waals surface area contributed by atoms with E-state index in [1.165, 1.54) is 0 Å². The maximum absolute atomic E-state index is 12.5. The number of nitrogens with two attached hydrogens (primary N) is 2. The molecule has 0 aromatic rings. The normalized spacial score (nSPS) is 14.5. The predicted octanol–water partition coefficient (Wildman–Crippen LogP) is -2.73. The zero-order valence-electron chi connectivity index (χ0n) is 16.8. The molecule has 0 bridgehead atoms. The van der Waals surface area contributed by atoms with Crippen LogP contribution in [-0.4, -0.2) is 70.5 Å². The lowest BCUT2D eigenvalue weighted by molar-refractivity contribution is -0.143. The Morgan fingerprint density at radius 1 is 1.00 bits per heavy atom.